The van der Waals surface area contributed by atoms with Crippen LogP contribution in [0.5, 0.6) is 5.75 Å². The van der Waals surface area contributed by atoms with Gasteiger partial charge in [-0.2, -0.15) is 13.2 Å². The first-order valence-corrected chi connectivity index (χ1v) is 20.7. The molecule has 1 spiro atoms. The summed E-state index contributed by atoms with van der Waals surface area (Å²) in [5, 5.41) is 13.8. The van der Waals surface area contributed by atoms with Gasteiger partial charge >= 0.3 is 12.1 Å². The van der Waals surface area contributed by atoms with Crippen LogP contribution < -0.4 is 10.1 Å². The zero-order valence-electron chi connectivity index (χ0n) is 31.7. The molecule has 4 bridgehead atoms. The van der Waals surface area contributed by atoms with Gasteiger partial charge in [0, 0.05) is 46.9 Å². The summed E-state index contributed by atoms with van der Waals surface area (Å²) in [6, 6.07) is 5.71. The standard InChI is InChI=1S/C42H48F5N5O5/c43-40(44)19-51(20-40)27-1-3-29(4-2-27)57-30-5-6-31-33(18-52(34(31)16-30)28-7-9-39(10-8-28)21-56-22-39)36-48-17-32(35(49-36)42(45,46)47)37(53)50-41(38(54)55)25-12-23-11-24(14-25)15-26(41)13-23/h5-6,16-18,23-29H,1-4,7-15,19-22H2,(H,50,53)(H,54,55)/t23?,24?,25?,26?,27-,29-,41?. The summed E-state index contributed by atoms with van der Waals surface area (Å²) in [5.41, 5.74) is -2.49. The van der Waals surface area contributed by atoms with Gasteiger partial charge in [0.1, 0.15) is 11.3 Å². The van der Waals surface area contributed by atoms with Crippen LogP contribution in [-0.4, -0.2) is 86.3 Å². The van der Waals surface area contributed by atoms with Crippen molar-refractivity contribution in [3.8, 4) is 17.1 Å². The maximum atomic E-state index is 14.9. The zero-order valence-corrected chi connectivity index (χ0v) is 31.7. The summed E-state index contributed by atoms with van der Waals surface area (Å²) in [6.07, 6.45) is 7.82. The summed E-state index contributed by atoms with van der Waals surface area (Å²) in [4.78, 5) is 37.0. The summed E-state index contributed by atoms with van der Waals surface area (Å²) < 4.78 is 85.8. The lowest BCUT2D eigenvalue weighted by molar-refractivity contribution is -0.163. The minimum atomic E-state index is -5.03. The number of carboxylic acids is 1. The molecule has 11 rings (SSSR count). The monoisotopic (exact) mass is 797 g/mol. The maximum Gasteiger partial charge on any atom is 0.434 e. The van der Waals surface area contributed by atoms with Gasteiger partial charge in [0.15, 0.2) is 11.5 Å². The van der Waals surface area contributed by atoms with Crippen molar-refractivity contribution in [2.75, 3.05) is 26.3 Å². The number of ether oxygens (including phenoxy) is 2. The van der Waals surface area contributed by atoms with Crippen LogP contribution in [0.25, 0.3) is 22.3 Å². The molecule has 57 heavy (non-hydrogen) atoms. The van der Waals surface area contributed by atoms with E-state index in [0.717, 1.165) is 82.7 Å². The lowest BCUT2D eigenvalue weighted by Crippen LogP contribution is -2.70. The summed E-state index contributed by atoms with van der Waals surface area (Å²) >= 11 is 0. The number of alkyl halides is 5. The number of carbonyl (C=O) groups is 2. The Labute approximate surface area is 326 Å². The average Bonchev–Trinajstić information content (AvgIpc) is 3.53. The summed E-state index contributed by atoms with van der Waals surface area (Å²) in [7, 11) is 0. The van der Waals surface area contributed by atoms with Crippen LogP contribution in [0.2, 0.25) is 0 Å². The SMILES string of the molecule is O=C(NC1(C(=O)O)C2CC3CC(C2)CC1C3)c1cnc(-c2cn(C3CCC4(CC3)COC4)c3cc(O[C@H]4CC[C@H](N5CC(F)(F)C5)CC4)ccc23)nc1C(F)(F)F. The molecule has 6 saturated carbocycles. The molecular formula is C42H48F5N5O5. The van der Waals surface area contributed by atoms with Crippen molar-refractivity contribution in [3.05, 3.63) is 41.9 Å². The molecule has 2 N–H and O–H groups in total. The van der Waals surface area contributed by atoms with Gasteiger partial charge in [0.05, 0.1) is 43.5 Å². The van der Waals surface area contributed by atoms with E-state index in [4.69, 9.17) is 9.47 Å². The van der Waals surface area contributed by atoms with Crippen molar-refractivity contribution >= 4 is 22.8 Å². The molecule has 0 radical (unpaired) electrons. The topological polar surface area (TPSA) is 119 Å². The minimum Gasteiger partial charge on any atom is -0.490 e. The molecule has 2 saturated heterocycles. The Balaban J connectivity index is 0.952. The van der Waals surface area contributed by atoms with E-state index in [9.17, 15) is 36.6 Å². The molecule has 4 heterocycles. The van der Waals surface area contributed by atoms with E-state index >= 15 is 0 Å². The molecule has 8 fully saturated rings. The van der Waals surface area contributed by atoms with Crippen LogP contribution in [0.4, 0.5) is 22.0 Å². The predicted molar refractivity (Wildman–Crippen MR) is 197 cm³/mol. The van der Waals surface area contributed by atoms with Gasteiger partial charge in [-0.3, -0.25) is 9.69 Å². The molecule has 6 aliphatic carbocycles. The molecule has 15 heteroatoms. The third-order valence-corrected chi connectivity index (χ3v) is 15.0. The summed E-state index contributed by atoms with van der Waals surface area (Å²) in [6.45, 7) is 1.10. The van der Waals surface area contributed by atoms with Crippen molar-refractivity contribution in [1.29, 1.82) is 0 Å². The zero-order chi connectivity index (χ0) is 39.5. The van der Waals surface area contributed by atoms with Crippen molar-refractivity contribution in [3.63, 3.8) is 0 Å². The van der Waals surface area contributed by atoms with E-state index in [2.05, 4.69) is 19.9 Å². The Bertz CT molecular complexity index is 2050. The third kappa shape index (κ3) is 6.40. The second-order valence-corrected chi connectivity index (χ2v) is 18.5. The number of carbonyl (C=O) groups excluding carboxylic acids is 1. The van der Waals surface area contributed by atoms with E-state index in [1.165, 1.54) is 0 Å². The van der Waals surface area contributed by atoms with Crippen LogP contribution in [0.3, 0.4) is 0 Å². The number of amides is 1. The number of halogens is 5. The van der Waals surface area contributed by atoms with Crippen molar-refractivity contribution in [2.24, 2.45) is 29.1 Å². The van der Waals surface area contributed by atoms with Crippen molar-refractivity contribution < 1.29 is 46.1 Å². The molecule has 10 nitrogen and oxygen atoms in total. The molecule has 306 valence electrons. The number of hydrogen-bond acceptors (Lipinski definition) is 7. The Kier molecular flexibility index (Phi) is 8.76. The van der Waals surface area contributed by atoms with E-state index < -0.39 is 40.8 Å². The number of benzene rings is 1. The number of aliphatic carboxylic acids is 1. The highest BCUT2D eigenvalue weighted by molar-refractivity contribution is 6.00. The first-order valence-electron chi connectivity index (χ1n) is 20.7. The molecule has 1 amide bonds. The number of likely N-dealkylation sites (tertiary alicyclic amines) is 1. The second kappa shape index (κ2) is 13.3. The number of rotatable bonds is 8. The van der Waals surface area contributed by atoms with Gasteiger partial charge in [-0.05, 0) is 119 Å². The number of hydrogen-bond donors (Lipinski definition) is 2. The highest BCUT2D eigenvalue weighted by atomic mass is 19.4. The van der Waals surface area contributed by atoms with E-state index in [1.54, 1.807) is 6.07 Å². The number of nitrogens with one attached hydrogen (secondary N) is 1. The average molecular weight is 798 g/mol. The van der Waals surface area contributed by atoms with E-state index in [1.807, 2.05) is 23.2 Å². The Morgan fingerprint density at radius 2 is 1.58 bits per heavy atom. The third-order valence-electron chi connectivity index (χ3n) is 15.0. The molecule has 0 atom stereocenters. The second-order valence-electron chi connectivity index (χ2n) is 18.5. The Morgan fingerprint density at radius 3 is 2.16 bits per heavy atom. The highest BCUT2D eigenvalue weighted by Crippen LogP contribution is 2.58. The quantitative estimate of drug-likeness (QED) is 0.221. The fourth-order valence-corrected chi connectivity index (χ4v) is 12.2. The van der Waals surface area contributed by atoms with Crippen LogP contribution in [0.1, 0.15) is 106 Å². The first kappa shape index (κ1) is 37.4. The fraction of sp³-hybridized carbons (Fsp3) is 0.667. The lowest BCUT2D eigenvalue weighted by Gasteiger charge is -2.59. The normalized spacial score (nSPS) is 33.2. The van der Waals surface area contributed by atoms with E-state index in [-0.39, 0.29) is 54.4 Å². The number of carboxylic acid groups (broad SMARTS) is 1. The van der Waals surface area contributed by atoms with Gasteiger partial charge in [-0.25, -0.2) is 23.5 Å². The smallest absolute Gasteiger partial charge is 0.434 e. The van der Waals surface area contributed by atoms with Gasteiger partial charge in [0.2, 0.25) is 0 Å². The minimum absolute atomic E-state index is 0.0631. The molecule has 0 unspecified atom stereocenters. The van der Waals surface area contributed by atoms with Crippen LogP contribution in [0.15, 0.2) is 30.6 Å². The Hall–Kier alpha value is -3.85. The van der Waals surface area contributed by atoms with Crippen molar-refractivity contribution in [2.45, 2.75) is 119 Å². The fourth-order valence-electron chi connectivity index (χ4n) is 12.2. The van der Waals surface area contributed by atoms with Gasteiger partial charge in [-0.1, -0.05) is 0 Å². The van der Waals surface area contributed by atoms with Crippen LogP contribution >= 0.6 is 0 Å². The van der Waals surface area contributed by atoms with E-state index in [0.29, 0.717) is 54.2 Å². The molecule has 2 aliphatic heterocycles. The summed E-state index contributed by atoms with van der Waals surface area (Å²) in [5.74, 6) is -4.41. The maximum absolute atomic E-state index is 14.9. The molecular weight excluding hydrogens is 749 g/mol. The molecule has 1 aromatic carbocycles. The molecule has 3 aromatic rings. The molecule has 8 aliphatic rings. The van der Waals surface area contributed by atoms with Gasteiger partial charge in [0.25, 0.3) is 11.8 Å². The Morgan fingerprint density at radius 1 is 0.912 bits per heavy atom. The number of fused-ring (bicyclic) bond motifs is 1. The molecule has 2 aromatic heterocycles. The van der Waals surface area contributed by atoms with Crippen LogP contribution in [0, 0.1) is 29.1 Å². The van der Waals surface area contributed by atoms with Crippen molar-refractivity contribution in [1.82, 2.24) is 24.8 Å². The van der Waals surface area contributed by atoms with Gasteiger partial charge in [-0.15, -0.1) is 0 Å². The largest absolute Gasteiger partial charge is 0.490 e. The number of nitrogens with zero attached hydrogens (tertiary/aromatic N) is 4. The van der Waals surface area contributed by atoms with Crippen LogP contribution in [-0.2, 0) is 15.7 Å². The first-order chi connectivity index (χ1) is 27.2. The lowest BCUT2D eigenvalue weighted by atomic mass is 9.48. The highest BCUT2D eigenvalue weighted by Gasteiger charge is 2.62. The number of aromatic nitrogens is 3. The predicted octanol–water partition coefficient (Wildman–Crippen LogP) is 7.90. The van der Waals surface area contributed by atoms with Gasteiger partial charge < -0.3 is 24.5 Å².